The molecule has 2 N–H and O–H groups in total. The van der Waals surface area contributed by atoms with E-state index in [0.717, 1.165) is 52.4 Å². The first-order chi connectivity index (χ1) is 9.61. The van der Waals surface area contributed by atoms with Crippen LogP contribution in [0.1, 0.15) is 0 Å². The van der Waals surface area contributed by atoms with Crippen molar-refractivity contribution in [3.63, 3.8) is 0 Å². The molecule has 1 aliphatic rings. The van der Waals surface area contributed by atoms with Crippen molar-refractivity contribution in [3.8, 4) is 0 Å². The van der Waals surface area contributed by atoms with Gasteiger partial charge < -0.3 is 20.1 Å². The average Bonchev–Trinajstić information content (AvgIpc) is 2.43. The van der Waals surface area contributed by atoms with Gasteiger partial charge >= 0.3 is 0 Å². The van der Waals surface area contributed by atoms with Crippen LogP contribution in [0, 0.1) is 0 Å². The Morgan fingerprint density at radius 2 is 1.85 bits per heavy atom. The lowest BCUT2D eigenvalue weighted by Gasteiger charge is -2.36. The fourth-order valence-corrected chi connectivity index (χ4v) is 2.34. The number of hydrogen-bond acceptors (Lipinski definition) is 6. The van der Waals surface area contributed by atoms with E-state index in [0.29, 0.717) is 13.2 Å². The van der Waals surface area contributed by atoms with Crippen LogP contribution in [0.2, 0.25) is 0 Å². The zero-order chi connectivity index (χ0) is 14.8. The summed E-state index contributed by atoms with van der Waals surface area (Å²) in [7, 11) is 5.92. The van der Waals surface area contributed by atoms with E-state index in [1.165, 1.54) is 0 Å². The van der Waals surface area contributed by atoms with Crippen molar-refractivity contribution in [2.45, 2.75) is 6.10 Å². The molecule has 1 rings (SSSR count). The molecule has 0 aromatic carbocycles. The maximum Gasteiger partial charge on any atom is 0.0791 e. The molecular weight excluding hydrogens is 256 g/mol. The lowest BCUT2D eigenvalue weighted by Crippen LogP contribution is -2.50. The highest BCUT2D eigenvalue weighted by molar-refractivity contribution is 4.75. The highest BCUT2D eigenvalue weighted by Gasteiger charge is 2.18. The van der Waals surface area contributed by atoms with Crippen LogP contribution in [-0.2, 0) is 4.74 Å². The Morgan fingerprint density at radius 3 is 2.45 bits per heavy atom. The van der Waals surface area contributed by atoms with E-state index in [4.69, 9.17) is 4.74 Å². The number of likely N-dealkylation sites (N-methyl/N-ethyl adjacent to an activating group) is 1. The summed E-state index contributed by atoms with van der Waals surface area (Å²) in [4.78, 5) is 7.08. The zero-order valence-electron chi connectivity index (χ0n) is 13.3. The molecule has 0 aliphatic carbocycles. The zero-order valence-corrected chi connectivity index (χ0v) is 13.3. The number of ether oxygens (including phenoxy) is 1. The molecular formula is C14H32N4O2. The Bertz CT molecular complexity index is 233. The summed E-state index contributed by atoms with van der Waals surface area (Å²) < 4.78 is 4.96. The van der Waals surface area contributed by atoms with Crippen molar-refractivity contribution in [3.05, 3.63) is 0 Å². The molecule has 0 saturated carbocycles. The van der Waals surface area contributed by atoms with Crippen molar-refractivity contribution in [1.29, 1.82) is 0 Å². The number of rotatable bonds is 10. The van der Waals surface area contributed by atoms with E-state index in [9.17, 15) is 5.11 Å². The van der Waals surface area contributed by atoms with Gasteiger partial charge in [-0.25, -0.2) is 0 Å². The van der Waals surface area contributed by atoms with Gasteiger partial charge in [0.25, 0.3) is 0 Å². The number of piperazine rings is 1. The number of β-amino-alcohol motifs (C(OH)–C–C–N with tert-alkyl or cyclic N) is 1. The Hall–Kier alpha value is -0.240. The van der Waals surface area contributed by atoms with Gasteiger partial charge in [-0.2, -0.15) is 0 Å². The second-order valence-corrected chi connectivity index (χ2v) is 5.80. The molecule has 1 unspecified atom stereocenters. The molecule has 0 aromatic rings. The predicted molar refractivity (Wildman–Crippen MR) is 82.2 cm³/mol. The van der Waals surface area contributed by atoms with Gasteiger partial charge in [0.2, 0.25) is 0 Å². The summed E-state index contributed by atoms with van der Waals surface area (Å²) in [6, 6.07) is 0. The summed E-state index contributed by atoms with van der Waals surface area (Å²) in [6.07, 6.45) is -0.291. The standard InChI is InChI=1S/C14H32N4O2/c1-16(2)5-6-17-7-9-18(10-8-17)13-14(19)12-15-4-11-20-3/h14-15,19H,4-13H2,1-3H3. The minimum Gasteiger partial charge on any atom is -0.390 e. The lowest BCUT2D eigenvalue weighted by molar-refractivity contribution is 0.0695. The van der Waals surface area contributed by atoms with E-state index < -0.39 is 0 Å². The van der Waals surface area contributed by atoms with Gasteiger partial charge in [0.05, 0.1) is 12.7 Å². The number of aliphatic hydroxyl groups excluding tert-OH is 1. The van der Waals surface area contributed by atoms with Crippen LogP contribution in [0.3, 0.4) is 0 Å². The van der Waals surface area contributed by atoms with Crippen LogP contribution in [-0.4, -0.2) is 113 Å². The SMILES string of the molecule is COCCNCC(O)CN1CCN(CCN(C)C)CC1. The van der Waals surface area contributed by atoms with Gasteiger partial charge in [-0.3, -0.25) is 9.80 Å². The van der Waals surface area contributed by atoms with E-state index >= 15 is 0 Å². The lowest BCUT2D eigenvalue weighted by atomic mass is 10.2. The molecule has 1 fully saturated rings. The first-order valence-electron chi connectivity index (χ1n) is 7.59. The van der Waals surface area contributed by atoms with E-state index in [1.54, 1.807) is 7.11 Å². The highest BCUT2D eigenvalue weighted by atomic mass is 16.5. The summed E-state index contributed by atoms with van der Waals surface area (Å²) in [6.45, 7) is 9.49. The summed E-state index contributed by atoms with van der Waals surface area (Å²) in [5, 5.41) is 13.2. The maximum atomic E-state index is 9.98. The molecule has 20 heavy (non-hydrogen) atoms. The largest absolute Gasteiger partial charge is 0.390 e. The fraction of sp³-hybridized carbons (Fsp3) is 1.00. The van der Waals surface area contributed by atoms with Crippen LogP contribution >= 0.6 is 0 Å². The third-order valence-electron chi connectivity index (χ3n) is 3.66. The molecule has 0 spiro atoms. The monoisotopic (exact) mass is 288 g/mol. The molecule has 0 amide bonds. The van der Waals surface area contributed by atoms with Crippen molar-refractivity contribution < 1.29 is 9.84 Å². The van der Waals surface area contributed by atoms with Gasteiger partial charge in [-0.15, -0.1) is 0 Å². The molecule has 1 heterocycles. The van der Waals surface area contributed by atoms with Gasteiger partial charge in [0.1, 0.15) is 0 Å². The third-order valence-corrected chi connectivity index (χ3v) is 3.66. The van der Waals surface area contributed by atoms with Crippen molar-refractivity contribution >= 4 is 0 Å². The normalized spacial score (nSPS) is 19.6. The molecule has 120 valence electrons. The smallest absolute Gasteiger partial charge is 0.0791 e. The van der Waals surface area contributed by atoms with Gasteiger partial charge in [0.15, 0.2) is 0 Å². The minimum atomic E-state index is -0.291. The quantitative estimate of drug-likeness (QED) is 0.491. The Labute approximate surface area is 123 Å². The van der Waals surface area contributed by atoms with Crippen LogP contribution in [0.25, 0.3) is 0 Å². The molecule has 6 nitrogen and oxygen atoms in total. The number of nitrogens with zero attached hydrogens (tertiary/aromatic N) is 3. The molecule has 0 aromatic heterocycles. The van der Waals surface area contributed by atoms with Crippen LogP contribution in [0.5, 0.6) is 0 Å². The Balaban J connectivity index is 2.06. The molecule has 1 atom stereocenters. The van der Waals surface area contributed by atoms with E-state index in [-0.39, 0.29) is 6.10 Å². The second-order valence-electron chi connectivity index (χ2n) is 5.80. The molecule has 1 aliphatic heterocycles. The van der Waals surface area contributed by atoms with E-state index in [2.05, 4.69) is 34.1 Å². The molecule has 0 radical (unpaired) electrons. The van der Waals surface area contributed by atoms with Gasteiger partial charge in [-0.1, -0.05) is 0 Å². The highest BCUT2D eigenvalue weighted by Crippen LogP contribution is 2.02. The number of hydrogen-bond donors (Lipinski definition) is 2. The Morgan fingerprint density at radius 1 is 1.20 bits per heavy atom. The number of aliphatic hydroxyl groups is 1. The van der Waals surface area contributed by atoms with Crippen molar-refractivity contribution in [1.82, 2.24) is 20.0 Å². The average molecular weight is 288 g/mol. The molecule has 0 bridgehead atoms. The summed E-state index contributed by atoms with van der Waals surface area (Å²) in [5.41, 5.74) is 0. The van der Waals surface area contributed by atoms with E-state index in [1.807, 2.05) is 0 Å². The number of nitrogens with one attached hydrogen (secondary N) is 1. The second kappa shape index (κ2) is 10.5. The topological polar surface area (TPSA) is 51.2 Å². The number of methoxy groups -OCH3 is 1. The van der Waals surface area contributed by atoms with Gasteiger partial charge in [0, 0.05) is 66.0 Å². The fourth-order valence-electron chi connectivity index (χ4n) is 2.34. The first-order valence-corrected chi connectivity index (χ1v) is 7.59. The van der Waals surface area contributed by atoms with Crippen LogP contribution in [0.15, 0.2) is 0 Å². The summed E-state index contributed by atoms with van der Waals surface area (Å²) >= 11 is 0. The van der Waals surface area contributed by atoms with Crippen molar-refractivity contribution in [2.24, 2.45) is 0 Å². The molecule has 6 heteroatoms. The van der Waals surface area contributed by atoms with Crippen LogP contribution < -0.4 is 5.32 Å². The van der Waals surface area contributed by atoms with Gasteiger partial charge in [-0.05, 0) is 14.1 Å². The third kappa shape index (κ3) is 8.14. The van der Waals surface area contributed by atoms with Crippen molar-refractivity contribution in [2.75, 3.05) is 86.7 Å². The predicted octanol–water partition coefficient (Wildman–Crippen LogP) is -1.24. The summed E-state index contributed by atoms with van der Waals surface area (Å²) in [5.74, 6) is 0. The van der Waals surface area contributed by atoms with Crippen LogP contribution in [0.4, 0.5) is 0 Å². The first kappa shape index (κ1) is 17.8. The minimum absolute atomic E-state index is 0.291. The molecule has 1 saturated heterocycles. The Kier molecular flexibility index (Phi) is 9.33. The maximum absolute atomic E-state index is 9.98.